The summed E-state index contributed by atoms with van der Waals surface area (Å²) in [5.74, 6) is 4.04. The number of benzene rings is 2. The molecule has 3 aromatic rings. The molecule has 1 fully saturated rings. The Kier molecular flexibility index (Phi) is 7.50. The third kappa shape index (κ3) is 5.66. The van der Waals surface area contributed by atoms with Crippen LogP contribution in [0.3, 0.4) is 0 Å². The first-order valence-electron chi connectivity index (χ1n) is 11.7. The van der Waals surface area contributed by atoms with Crippen LogP contribution < -0.4 is 25.0 Å². The lowest BCUT2D eigenvalue weighted by atomic mass is 9.86. The maximum atomic E-state index is 5.51. The van der Waals surface area contributed by atoms with E-state index in [4.69, 9.17) is 19.4 Å². The Hall–Kier alpha value is -3.06. The van der Waals surface area contributed by atoms with Crippen LogP contribution in [0.25, 0.3) is 10.9 Å². The number of anilines is 2. The average Bonchev–Trinajstić information content (AvgIpc) is 2.86. The van der Waals surface area contributed by atoms with Gasteiger partial charge in [-0.3, -0.25) is 0 Å². The topological polar surface area (TPSA) is 71.5 Å². The van der Waals surface area contributed by atoms with Crippen molar-refractivity contribution in [3.63, 3.8) is 0 Å². The summed E-state index contributed by atoms with van der Waals surface area (Å²) in [6.45, 7) is 1.69. The van der Waals surface area contributed by atoms with E-state index in [2.05, 4.69) is 16.7 Å². The predicted octanol–water partition coefficient (Wildman–Crippen LogP) is 4.47. The number of ether oxygens (including phenoxy) is 2. The van der Waals surface area contributed by atoms with E-state index in [1.165, 1.54) is 25.7 Å². The molecule has 7 nitrogen and oxygen atoms in total. The molecule has 2 N–H and O–H groups in total. The molecule has 0 bridgehead atoms. The molecule has 7 heteroatoms. The summed E-state index contributed by atoms with van der Waals surface area (Å²) in [7, 11) is 7.45. The monoisotopic (exact) mass is 449 g/mol. The number of para-hydroxylation sites is 1. The normalized spacial score (nSPS) is 18.2. The van der Waals surface area contributed by atoms with Gasteiger partial charge in [-0.1, -0.05) is 12.1 Å². The van der Waals surface area contributed by atoms with E-state index in [-0.39, 0.29) is 0 Å². The quantitative estimate of drug-likeness (QED) is 0.499. The minimum absolute atomic E-state index is 0.523. The van der Waals surface area contributed by atoms with Crippen molar-refractivity contribution in [3.05, 3.63) is 48.0 Å². The van der Waals surface area contributed by atoms with Crippen LogP contribution in [0.15, 0.2) is 42.5 Å². The van der Waals surface area contributed by atoms with E-state index in [9.17, 15) is 0 Å². The van der Waals surface area contributed by atoms with Crippen molar-refractivity contribution in [3.8, 4) is 11.5 Å². The summed E-state index contributed by atoms with van der Waals surface area (Å²) in [4.78, 5) is 11.5. The van der Waals surface area contributed by atoms with Gasteiger partial charge in [0.25, 0.3) is 0 Å². The molecule has 0 unspecified atom stereocenters. The smallest absolute Gasteiger partial charge is 0.225 e. The molecule has 1 aliphatic carbocycles. The van der Waals surface area contributed by atoms with Gasteiger partial charge in [0.2, 0.25) is 5.95 Å². The van der Waals surface area contributed by atoms with Crippen LogP contribution >= 0.6 is 0 Å². The SMILES string of the molecule is COc1ccc(OC)c(CNC2CCC(CNc3nc(N(C)C)c4ccccc4n3)CC2)c1. The van der Waals surface area contributed by atoms with Crippen molar-refractivity contribution < 1.29 is 9.47 Å². The number of rotatable bonds is 9. The Bertz CT molecular complexity index is 1060. The first kappa shape index (κ1) is 23.1. The van der Waals surface area contributed by atoms with Crippen LogP contribution in [0.1, 0.15) is 31.2 Å². The molecule has 176 valence electrons. The highest BCUT2D eigenvalue weighted by molar-refractivity contribution is 5.90. The zero-order valence-electron chi connectivity index (χ0n) is 20.1. The molecule has 4 rings (SSSR count). The van der Waals surface area contributed by atoms with Gasteiger partial charge in [0, 0.05) is 44.2 Å². The number of aromatic nitrogens is 2. The molecule has 1 heterocycles. The number of fused-ring (bicyclic) bond motifs is 1. The number of nitrogens with zero attached hydrogens (tertiary/aromatic N) is 3. The second kappa shape index (κ2) is 10.7. The summed E-state index contributed by atoms with van der Waals surface area (Å²) in [5.41, 5.74) is 2.10. The highest BCUT2D eigenvalue weighted by atomic mass is 16.5. The van der Waals surface area contributed by atoms with Gasteiger partial charge in [-0.15, -0.1) is 0 Å². The lowest BCUT2D eigenvalue weighted by Crippen LogP contribution is -2.34. The molecule has 0 atom stereocenters. The van der Waals surface area contributed by atoms with Crippen molar-refractivity contribution in [1.29, 1.82) is 0 Å². The molecular weight excluding hydrogens is 414 g/mol. The van der Waals surface area contributed by atoms with Crippen molar-refractivity contribution >= 4 is 22.7 Å². The third-order valence-corrected chi connectivity index (χ3v) is 6.47. The van der Waals surface area contributed by atoms with Crippen LogP contribution in [0.2, 0.25) is 0 Å². The zero-order chi connectivity index (χ0) is 23.2. The molecule has 2 aromatic carbocycles. The second-order valence-electron chi connectivity index (χ2n) is 8.94. The Morgan fingerprint density at radius 2 is 1.76 bits per heavy atom. The van der Waals surface area contributed by atoms with Crippen LogP contribution in [-0.2, 0) is 6.54 Å². The largest absolute Gasteiger partial charge is 0.497 e. The van der Waals surface area contributed by atoms with Gasteiger partial charge in [-0.2, -0.15) is 4.98 Å². The van der Waals surface area contributed by atoms with Gasteiger partial charge in [-0.25, -0.2) is 4.98 Å². The second-order valence-corrected chi connectivity index (χ2v) is 8.94. The van der Waals surface area contributed by atoms with Crippen LogP contribution in [-0.4, -0.2) is 50.9 Å². The number of nitrogens with one attached hydrogen (secondary N) is 2. The van der Waals surface area contributed by atoms with Gasteiger partial charge in [0.1, 0.15) is 17.3 Å². The van der Waals surface area contributed by atoms with E-state index in [0.29, 0.717) is 17.9 Å². The number of methoxy groups -OCH3 is 2. The summed E-state index contributed by atoms with van der Waals surface area (Å²) >= 11 is 0. The van der Waals surface area contributed by atoms with E-state index in [1.54, 1.807) is 14.2 Å². The average molecular weight is 450 g/mol. The first-order valence-corrected chi connectivity index (χ1v) is 11.7. The molecule has 1 aromatic heterocycles. The number of hydrogen-bond donors (Lipinski definition) is 2. The van der Waals surface area contributed by atoms with E-state index in [0.717, 1.165) is 46.9 Å². The van der Waals surface area contributed by atoms with Crippen LogP contribution in [0.5, 0.6) is 11.5 Å². The fraction of sp³-hybridized carbons (Fsp3) is 0.462. The maximum absolute atomic E-state index is 5.51. The van der Waals surface area contributed by atoms with Crippen LogP contribution in [0.4, 0.5) is 11.8 Å². The summed E-state index contributed by atoms with van der Waals surface area (Å²) in [6.07, 6.45) is 4.71. The zero-order valence-corrected chi connectivity index (χ0v) is 20.1. The van der Waals surface area contributed by atoms with E-state index in [1.807, 2.05) is 55.4 Å². The van der Waals surface area contributed by atoms with Gasteiger partial charge < -0.3 is 25.0 Å². The summed E-state index contributed by atoms with van der Waals surface area (Å²) < 4.78 is 10.9. The van der Waals surface area contributed by atoms with Crippen LogP contribution in [0, 0.1) is 5.92 Å². The lowest BCUT2D eigenvalue weighted by Gasteiger charge is -2.29. The molecule has 0 amide bonds. The van der Waals surface area contributed by atoms with Gasteiger partial charge >= 0.3 is 0 Å². The summed E-state index contributed by atoms with van der Waals surface area (Å²) in [6, 6.07) is 14.6. The first-order chi connectivity index (χ1) is 16.1. The summed E-state index contributed by atoms with van der Waals surface area (Å²) in [5, 5.41) is 8.29. The standard InChI is InChI=1S/C26H35N5O2/c1-31(2)25-22-7-5-6-8-23(22)29-26(30-25)28-16-18-9-11-20(12-10-18)27-17-19-15-21(32-3)13-14-24(19)33-4/h5-8,13-15,18,20,27H,9-12,16-17H2,1-4H3,(H,28,29,30). The Labute approximate surface area is 196 Å². The highest BCUT2D eigenvalue weighted by Gasteiger charge is 2.21. The van der Waals surface area contributed by atoms with Gasteiger partial charge in [0.05, 0.1) is 19.7 Å². The molecule has 0 saturated heterocycles. The molecule has 0 aliphatic heterocycles. The molecular formula is C26H35N5O2. The molecule has 0 radical (unpaired) electrons. The minimum atomic E-state index is 0.523. The van der Waals surface area contributed by atoms with E-state index < -0.39 is 0 Å². The van der Waals surface area contributed by atoms with Crippen molar-refractivity contribution in [1.82, 2.24) is 15.3 Å². The van der Waals surface area contributed by atoms with Gasteiger partial charge in [-0.05, 0) is 61.9 Å². The Balaban J connectivity index is 1.29. The molecule has 1 aliphatic rings. The third-order valence-electron chi connectivity index (χ3n) is 6.47. The highest BCUT2D eigenvalue weighted by Crippen LogP contribution is 2.28. The van der Waals surface area contributed by atoms with E-state index >= 15 is 0 Å². The van der Waals surface area contributed by atoms with Gasteiger partial charge in [0.15, 0.2) is 0 Å². The fourth-order valence-corrected chi connectivity index (χ4v) is 4.56. The minimum Gasteiger partial charge on any atom is -0.497 e. The van der Waals surface area contributed by atoms with Crippen molar-refractivity contribution in [2.45, 2.75) is 38.3 Å². The maximum Gasteiger partial charge on any atom is 0.225 e. The van der Waals surface area contributed by atoms with Crippen molar-refractivity contribution in [2.24, 2.45) is 5.92 Å². The molecule has 33 heavy (non-hydrogen) atoms. The molecule has 0 spiro atoms. The predicted molar refractivity (Wildman–Crippen MR) is 134 cm³/mol. The Morgan fingerprint density at radius 1 is 0.970 bits per heavy atom. The Morgan fingerprint density at radius 3 is 2.48 bits per heavy atom. The van der Waals surface area contributed by atoms with Crippen molar-refractivity contribution in [2.75, 3.05) is 45.1 Å². The fourth-order valence-electron chi connectivity index (χ4n) is 4.56. The molecule has 1 saturated carbocycles. The number of hydrogen-bond acceptors (Lipinski definition) is 7. The lowest BCUT2D eigenvalue weighted by molar-refractivity contribution is 0.298.